The van der Waals surface area contributed by atoms with E-state index in [1.807, 2.05) is 0 Å². The lowest BCUT2D eigenvalue weighted by Crippen LogP contribution is -2.27. The minimum atomic E-state index is -2.74. The first-order valence-corrected chi connectivity index (χ1v) is 10.4. The van der Waals surface area contributed by atoms with Crippen LogP contribution in [0.15, 0.2) is 36.4 Å². The monoisotopic (exact) mass is 439 g/mol. The van der Waals surface area contributed by atoms with Crippen molar-refractivity contribution in [2.45, 2.75) is 32.9 Å². The first-order valence-electron chi connectivity index (χ1n) is 8.69. The Kier molecular flexibility index (Phi) is 7.26. The number of anilines is 1. The number of carbonyl (C=O) groups excluding carboxylic acids is 1. The van der Waals surface area contributed by atoms with Crippen molar-refractivity contribution >= 4 is 39.9 Å². The van der Waals surface area contributed by atoms with Crippen LogP contribution in [0.5, 0.6) is 11.5 Å². The second-order valence-electron chi connectivity index (χ2n) is 7.49. The number of amides is 1. The maximum Gasteiger partial charge on any atom is 0.307 e. The van der Waals surface area contributed by atoms with Gasteiger partial charge >= 0.3 is 5.97 Å². The average molecular weight is 440 g/mol. The highest BCUT2D eigenvalue weighted by Gasteiger charge is 2.21. The maximum atomic E-state index is 12.2. The molecule has 0 aliphatic rings. The van der Waals surface area contributed by atoms with E-state index in [9.17, 15) is 18.0 Å². The van der Waals surface area contributed by atoms with Crippen molar-refractivity contribution < 1.29 is 27.9 Å². The molecule has 0 spiro atoms. The largest absolute Gasteiger partial charge is 0.481 e. The molecule has 2 aromatic rings. The van der Waals surface area contributed by atoms with E-state index in [1.165, 1.54) is 24.3 Å². The van der Waals surface area contributed by atoms with Crippen LogP contribution in [0.1, 0.15) is 31.9 Å². The summed E-state index contributed by atoms with van der Waals surface area (Å²) in [6.45, 7) is 5.30. The maximum absolute atomic E-state index is 12.2. The molecule has 0 saturated heterocycles. The number of ether oxygens (including phenoxy) is 1. The van der Waals surface area contributed by atoms with Crippen molar-refractivity contribution in [1.82, 2.24) is 0 Å². The Hall–Kier alpha value is -2.58. The third-order valence-electron chi connectivity index (χ3n) is 3.81. The van der Waals surface area contributed by atoms with Crippen molar-refractivity contribution in [1.29, 1.82) is 0 Å². The van der Waals surface area contributed by atoms with E-state index < -0.39 is 22.1 Å². The van der Waals surface area contributed by atoms with Gasteiger partial charge in [0.2, 0.25) is 5.91 Å². The summed E-state index contributed by atoms with van der Waals surface area (Å²) in [5.41, 5.74) is 0.639. The number of hydrogen-bond acceptors (Lipinski definition) is 5. The predicted molar refractivity (Wildman–Crippen MR) is 111 cm³/mol. The molecule has 0 atom stereocenters. The van der Waals surface area contributed by atoms with Crippen LogP contribution >= 0.6 is 11.6 Å². The van der Waals surface area contributed by atoms with E-state index in [-0.39, 0.29) is 29.6 Å². The van der Waals surface area contributed by atoms with Gasteiger partial charge in [-0.15, -0.1) is 0 Å². The normalized spacial score (nSPS) is 11.3. The summed E-state index contributed by atoms with van der Waals surface area (Å²) in [5, 5.41) is 12.0. The van der Waals surface area contributed by atoms with E-state index in [1.54, 1.807) is 32.9 Å². The molecule has 0 aliphatic carbocycles. The number of thiol groups is 1. The lowest BCUT2D eigenvalue weighted by atomic mass is 9.95. The Labute approximate surface area is 175 Å². The molecule has 0 radical (unpaired) electrons. The first kappa shape index (κ1) is 22.7. The van der Waals surface area contributed by atoms with Crippen molar-refractivity contribution in [2.75, 3.05) is 5.32 Å². The van der Waals surface area contributed by atoms with Crippen molar-refractivity contribution in [3.63, 3.8) is 0 Å². The van der Waals surface area contributed by atoms with E-state index in [0.29, 0.717) is 21.8 Å². The Morgan fingerprint density at radius 3 is 2.41 bits per heavy atom. The minimum Gasteiger partial charge on any atom is -0.481 e. The number of benzene rings is 2. The van der Waals surface area contributed by atoms with Gasteiger partial charge in [-0.25, -0.2) is 8.42 Å². The molecule has 2 rings (SSSR count). The van der Waals surface area contributed by atoms with Crippen LogP contribution in [-0.2, 0) is 32.5 Å². The Morgan fingerprint density at radius 2 is 1.83 bits per heavy atom. The SMILES string of the molecule is CC(C)(C)C(=O)Nc1ccc(Oc2cc(Cl)cc(CC(=O)O)c2)c(C[SH](=O)=O)c1. The van der Waals surface area contributed by atoms with Crippen LogP contribution in [0, 0.1) is 5.41 Å². The molecule has 0 unspecified atom stereocenters. The van der Waals surface area contributed by atoms with Gasteiger partial charge < -0.3 is 15.2 Å². The molecule has 29 heavy (non-hydrogen) atoms. The fourth-order valence-electron chi connectivity index (χ4n) is 2.42. The average Bonchev–Trinajstić information content (AvgIpc) is 2.54. The van der Waals surface area contributed by atoms with Gasteiger partial charge in [0.25, 0.3) is 0 Å². The number of halogens is 1. The second-order valence-corrected chi connectivity index (χ2v) is 8.90. The van der Waals surface area contributed by atoms with Gasteiger partial charge in [-0.1, -0.05) is 32.4 Å². The van der Waals surface area contributed by atoms with Crippen molar-refractivity contribution in [3.05, 3.63) is 52.5 Å². The van der Waals surface area contributed by atoms with Crippen molar-refractivity contribution in [3.8, 4) is 11.5 Å². The molecule has 0 aromatic heterocycles. The molecular formula is C20H22ClNO6S. The molecule has 0 saturated carbocycles. The van der Waals surface area contributed by atoms with E-state index in [2.05, 4.69) is 5.32 Å². The summed E-state index contributed by atoms with van der Waals surface area (Å²) in [6.07, 6.45) is -0.228. The molecule has 9 heteroatoms. The second kappa shape index (κ2) is 9.28. The highest BCUT2D eigenvalue weighted by molar-refractivity contribution is 7.71. The number of aliphatic carboxylic acids is 1. The quantitative estimate of drug-likeness (QED) is 0.565. The Bertz CT molecular complexity index is 1000. The van der Waals surface area contributed by atoms with Crippen molar-refractivity contribution in [2.24, 2.45) is 5.41 Å². The van der Waals surface area contributed by atoms with Crippen LogP contribution in [0.4, 0.5) is 5.69 Å². The van der Waals surface area contributed by atoms with Gasteiger partial charge in [-0.3, -0.25) is 9.59 Å². The molecule has 2 N–H and O–H groups in total. The lowest BCUT2D eigenvalue weighted by molar-refractivity contribution is -0.136. The van der Waals surface area contributed by atoms with Gasteiger partial charge in [0.1, 0.15) is 22.2 Å². The van der Waals surface area contributed by atoms with Crippen LogP contribution in [0.2, 0.25) is 5.02 Å². The molecule has 0 heterocycles. The Balaban J connectivity index is 2.36. The summed E-state index contributed by atoms with van der Waals surface area (Å²) in [5.74, 6) is -0.964. The van der Waals surface area contributed by atoms with Gasteiger partial charge in [-0.05, 0) is 42.0 Å². The summed E-state index contributed by atoms with van der Waals surface area (Å²) in [7, 11) is -2.74. The predicted octanol–water partition coefficient (Wildman–Crippen LogP) is 3.86. The third-order valence-corrected chi connectivity index (χ3v) is 4.63. The topological polar surface area (TPSA) is 110 Å². The fraction of sp³-hybridized carbons (Fsp3) is 0.300. The first-order chi connectivity index (χ1) is 13.4. The number of nitrogens with one attached hydrogen (secondary N) is 1. The molecule has 2 aromatic carbocycles. The van der Waals surface area contributed by atoms with Gasteiger partial charge in [0.15, 0.2) is 0 Å². The number of hydrogen-bond donors (Lipinski definition) is 3. The van der Waals surface area contributed by atoms with E-state index >= 15 is 0 Å². The number of carbonyl (C=O) groups is 2. The number of carboxylic acids is 1. The standard InChI is InChI=1S/C20H22ClNO6S/c1-20(2,3)19(25)22-15-4-5-17(13(9-15)11-29(26)27)28-16-7-12(8-18(23)24)6-14(21)10-16/h4-7,9-10,29H,8,11H2,1-3H3,(H,22,25)(H,23,24). The number of rotatable bonds is 7. The smallest absolute Gasteiger partial charge is 0.307 e. The summed E-state index contributed by atoms with van der Waals surface area (Å²) in [4.78, 5) is 23.1. The summed E-state index contributed by atoms with van der Waals surface area (Å²) >= 11 is 6.03. The van der Waals surface area contributed by atoms with Crippen LogP contribution < -0.4 is 10.1 Å². The zero-order chi connectivity index (χ0) is 21.8. The molecule has 0 fully saturated rings. The minimum absolute atomic E-state index is 0.211. The Morgan fingerprint density at radius 1 is 1.14 bits per heavy atom. The highest BCUT2D eigenvalue weighted by atomic mass is 35.5. The van der Waals surface area contributed by atoms with Gasteiger partial charge in [-0.2, -0.15) is 0 Å². The van der Waals surface area contributed by atoms with E-state index in [0.717, 1.165) is 0 Å². The van der Waals surface area contributed by atoms with E-state index in [4.69, 9.17) is 21.4 Å². The zero-order valence-corrected chi connectivity index (χ0v) is 17.8. The highest BCUT2D eigenvalue weighted by Crippen LogP contribution is 2.31. The molecule has 156 valence electrons. The van der Waals surface area contributed by atoms with Crippen LogP contribution in [0.3, 0.4) is 0 Å². The molecule has 0 aliphatic heterocycles. The molecular weight excluding hydrogens is 418 g/mol. The summed E-state index contributed by atoms with van der Waals surface area (Å²) < 4.78 is 28.4. The van der Waals surface area contributed by atoms with Crippen LogP contribution in [0.25, 0.3) is 0 Å². The lowest BCUT2D eigenvalue weighted by Gasteiger charge is -2.18. The fourth-order valence-corrected chi connectivity index (χ4v) is 3.19. The summed E-state index contributed by atoms with van der Waals surface area (Å²) in [6, 6.07) is 9.22. The van der Waals surface area contributed by atoms with Crippen LogP contribution in [-0.4, -0.2) is 25.4 Å². The number of carboxylic acid groups (broad SMARTS) is 1. The molecule has 0 bridgehead atoms. The van der Waals surface area contributed by atoms with Gasteiger partial charge in [0, 0.05) is 21.7 Å². The molecule has 1 amide bonds. The van der Waals surface area contributed by atoms with Gasteiger partial charge in [0.05, 0.1) is 12.2 Å². The molecule has 7 nitrogen and oxygen atoms in total. The zero-order valence-electron chi connectivity index (χ0n) is 16.2. The third kappa shape index (κ3) is 7.07.